The molecule has 8 heteroatoms. The number of aryl methyl sites for hydroxylation is 1. The van der Waals surface area contributed by atoms with Crippen molar-refractivity contribution in [2.45, 2.75) is 58.6 Å². The van der Waals surface area contributed by atoms with Gasteiger partial charge in [0.1, 0.15) is 11.4 Å². The molecular weight excluding hydrogens is 427 g/mol. The van der Waals surface area contributed by atoms with Crippen LogP contribution in [0.15, 0.2) is 16.7 Å². The van der Waals surface area contributed by atoms with Crippen LogP contribution in [0, 0.1) is 5.82 Å². The van der Waals surface area contributed by atoms with Gasteiger partial charge < -0.3 is 15.0 Å². The third-order valence-electron chi connectivity index (χ3n) is 4.70. The van der Waals surface area contributed by atoms with Crippen LogP contribution in [-0.4, -0.2) is 45.7 Å². The molecule has 152 valence electrons. The lowest BCUT2D eigenvalue weighted by Crippen LogP contribution is -2.44. The molecule has 28 heavy (non-hydrogen) atoms. The highest BCUT2D eigenvalue weighted by atomic mass is 79.9. The molecule has 2 heterocycles. The van der Waals surface area contributed by atoms with Crippen molar-refractivity contribution in [2.75, 3.05) is 18.4 Å². The van der Waals surface area contributed by atoms with Crippen LogP contribution in [0.5, 0.6) is 0 Å². The number of nitrogens with zero attached hydrogens (tertiary/aromatic N) is 3. The summed E-state index contributed by atoms with van der Waals surface area (Å²) in [6.45, 7) is 8.83. The van der Waals surface area contributed by atoms with Crippen LogP contribution < -0.4 is 5.32 Å². The van der Waals surface area contributed by atoms with Crippen LogP contribution in [0.25, 0.3) is 10.9 Å². The lowest BCUT2D eigenvalue weighted by Gasteiger charge is -2.33. The summed E-state index contributed by atoms with van der Waals surface area (Å²) in [6, 6.07) is 1.93. The molecule has 0 radical (unpaired) electrons. The third-order valence-corrected chi connectivity index (χ3v) is 5.28. The first kappa shape index (κ1) is 20.8. The quantitative estimate of drug-likeness (QED) is 0.716. The number of hydrogen-bond acceptors (Lipinski definition) is 5. The monoisotopic (exact) mass is 452 g/mol. The Balaban J connectivity index is 1.68. The number of anilines is 1. The normalized spacial score (nSPS) is 15.7. The SMILES string of the molecule is CCc1cc(Br)c(F)c2cnc(NC3CCN(C(=O)OC(C)(C)C)CC3)nc12. The van der Waals surface area contributed by atoms with Gasteiger partial charge in [0.25, 0.3) is 0 Å². The summed E-state index contributed by atoms with van der Waals surface area (Å²) in [5.41, 5.74) is 1.10. The van der Waals surface area contributed by atoms with E-state index >= 15 is 0 Å². The first-order valence-corrected chi connectivity index (χ1v) is 10.4. The molecule has 0 atom stereocenters. The second kappa shape index (κ2) is 8.19. The van der Waals surface area contributed by atoms with E-state index in [1.54, 1.807) is 11.0 Å². The Morgan fingerprint density at radius 3 is 2.68 bits per heavy atom. The molecule has 0 saturated carbocycles. The summed E-state index contributed by atoms with van der Waals surface area (Å²) in [5, 5.41) is 3.74. The molecule has 1 aliphatic heterocycles. The highest BCUT2D eigenvalue weighted by molar-refractivity contribution is 9.10. The second-order valence-corrected chi connectivity index (χ2v) is 8.88. The zero-order valence-corrected chi connectivity index (χ0v) is 18.3. The van der Waals surface area contributed by atoms with Crippen LogP contribution in [0.3, 0.4) is 0 Å². The van der Waals surface area contributed by atoms with Crippen molar-refractivity contribution in [1.29, 1.82) is 0 Å². The number of aromatic nitrogens is 2. The Morgan fingerprint density at radius 1 is 1.39 bits per heavy atom. The molecule has 0 bridgehead atoms. The first-order valence-electron chi connectivity index (χ1n) is 9.56. The average Bonchev–Trinajstić information content (AvgIpc) is 2.64. The first-order chi connectivity index (χ1) is 13.2. The summed E-state index contributed by atoms with van der Waals surface area (Å²) < 4.78 is 20.2. The highest BCUT2D eigenvalue weighted by Gasteiger charge is 2.27. The van der Waals surface area contributed by atoms with Crippen molar-refractivity contribution in [3.8, 4) is 0 Å². The number of nitrogens with one attached hydrogen (secondary N) is 1. The van der Waals surface area contributed by atoms with Gasteiger partial charge in [-0.25, -0.2) is 19.2 Å². The van der Waals surface area contributed by atoms with Gasteiger partial charge in [0.05, 0.1) is 15.4 Å². The van der Waals surface area contributed by atoms with E-state index in [-0.39, 0.29) is 18.0 Å². The molecule has 1 saturated heterocycles. The summed E-state index contributed by atoms with van der Waals surface area (Å²) in [4.78, 5) is 22.8. The minimum absolute atomic E-state index is 0.154. The van der Waals surface area contributed by atoms with E-state index in [9.17, 15) is 9.18 Å². The topological polar surface area (TPSA) is 67.4 Å². The maximum Gasteiger partial charge on any atom is 0.410 e. The molecule has 1 aliphatic rings. The number of piperidine rings is 1. The second-order valence-electron chi connectivity index (χ2n) is 8.03. The van der Waals surface area contributed by atoms with Gasteiger partial charge in [-0.05, 0) is 67.6 Å². The maximum absolute atomic E-state index is 14.3. The van der Waals surface area contributed by atoms with Crippen LogP contribution in [0.4, 0.5) is 15.1 Å². The number of rotatable bonds is 3. The van der Waals surface area contributed by atoms with E-state index in [4.69, 9.17) is 4.74 Å². The van der Waals surface area contributed by atoms with Crippen molar-refractivity contribution in [3.63, 3.8) is 0 Å². The summed E-state index contributed by atoms with van der Waals surface area (Å²) >= 11 is 3.25. The molecule has 1 aromatic carbocycles. The number of halogens is 2. The Kier molecular flexibility index (Phi) is 6.07. The lowest BCUT2D eigenvalue weighted by molar-refractivity contribution is 0.0210. The number of carbonyl (C=O) groups excluding carboxylic acids is 1. The summed E-state index contributed by atoms with van der Waals surface area (Å²) in [7, 11) is 0. The number of benzene rings is 1. The van der Waals surface area contributed by atoms with Gasteiger partial charge in [0.2, 0.25) is 5.95 Å². The van der Waals surface area contributed by atoms with Crippen LogP contribution in [0.2, 0.25) is 0 Å². The van der Waals surface area contributed by atoms with E-state index in [1.165, 1.54) is 6.20 Å². The maximum atomic E-state index is 14.3. The van der Waals surface area contributed by atoms with Crippen molar-refractivity contribution < 1.29 is 13.9 Å². The number of carbonyl (C=O) groups is 1. The van der Waals surface area contributed by atoms with Crippen molar-refractivity contribution in [2.24, 2.45) is 0 Å². The molecule has 1 N–H and O–H groups in total. The fourth-order valence-corrected chi connectivity index (χ4v) is 3.74. The fourth-order valence-electron chi connectivity index (χ4n) is 3.26. The van der Waals surface area contributed by atoms with Crippen LogP contribution in [0.1, 0.15) is 46.1 Å². The van der Waals surface area contributed by atoms with Crippen LogP contribution >= 0.6 is 15.9 Å². The number of ether oxygens (including phenoxy) is 1. The van der Waals surface area contributed by atoms with E-state index < -0.39 is 5.60 Å². The number of amides is 1. The predicted octanol–water partition coefficient (Wildman–Crippen LogP) is 4.91. The molecule has 0 aliphatic carbocycles. The van der Waals surface area contributed by atoms with E-state index in [2.05, 4.69) is 31.2 Å². The Hall–Kier alpha value is -1.96. The van der Waals surface area contributed by atoms with E-state index in [1.807, 2.05) is 27.7 Å². The molecule has 0 spiro atoms. The van der Waals surface area contributed by atoms with Gasteiger partial charge in [-0.15, -0.1) is 0 Å². The van der Waals surface area contributed by atoms with Gasteiger partial charge in [-0.3, -0.25) is 0 Å². The van der Waals surface area contributed by atoms with Gasteiger partial charge in [-0.1, -0.05) is 6.92 Å². The largest absolute Gasteiger partial charge is 0.444 e. The zero-order valence-electron chi connectivity index (χ0n) is 16.7. The average molecular weight is 453 g/mol. The molecule has 0 unspecified atom stereocenters. The lowest BCUT2D eigenvalue weighted by atomic mass is 10.1. The number of likely N-dealkylation sites (tertiary alicyclic amines) is 1. The highest BCUT2D eigenvalue weighted by Crippen LogP contribution is 2.28. The van der Waals surface area contributed by atoms with E-state index in [0.29, 0.717) is 34.4 Å². The minimum Gasteiger partial charge on any atom is -0.444 e. The van der Waals surface area contributed by atoms with Gasteiger partial charge in [0.15, 0.2) is 0 Å². The number of hydrogen-bond donors (Lipinski definition) is 1. The standard InChI is InChI=1S/C20H26BrFN4O2/c1-5-12-10-15(21)16(22)14-11-23-18(25-17(12)14)24-13-6-8-26(9-7-13)19(27)28-20(2,3)4/h10-11,13H,5-9H2,1-4H3,(H,23,24,25). The van der Waals surface area contributed by atoms with Gasteiger partial charge >= 0.3 is 6.09 Å². The van der Waals surface area contributed by atoms with Crippen molar-refractivity contribution in [3.05, 3.63) is 28.1 Å². The third kappa shape index (κ3) is 4.71. The van der Waals surface area contributed by atoms with Gasteiger partial charge in [-0.2, -0.15) is 0 Å². The van der Waals surface area contributed by atoms with Crippen molar-refractivity contribution >= 4 is 38.9 Å². The number of fused-ring (bicyclic) bond motifs is 1. The Morgan fingerprint density at radius 2 is 2.07 bits per heavy atom. The molecule has 2 aromatic rings. The summed E-state index contributed by atoms with van der Waals surface area (Å²) in [5.74, 6) is 0.143. The predicted molar refractivity (Wildman–Crippen MR) is 111 cm³/mol. The molecule has 3 rings (SSSR count). The van der Waals surface area contributed by atoms with Crippen LogP contribution in [-0.2, 0) is 11.2 Å². The molecule has 1 fully saturated rings. The molecule has 1 aromatic heterocycles. The zero-order chi connectivity index (χ0) is 20.5. The van der Waals surface area contributed by atoms with Gasteiger partial charge in [0, 0.05) is 25.3 Å². The Labute approximate surface area is 173 Å². The Bertz CT molecular complexity index is 877. The molecule has 6 nitrogen and oxygen atoms in total. The summed E-state index contributed by atoms with van der Waals surface area (Å²) in [6.07, 6.45) is 3.55. The minimum atomic E-state index is -0.494. The van der Waals surface area contributed by atoms with E-state index in [0.717, 1.165) is 24.8 Å². The molecule has 1 amide bonds. The smallest absolute Gasteiger partial charge is 0.410 e. The molecular formula is C20H26BrFN4O2. The van der Waals surface area contributed by atoms with Crippen molar-refractivity contribution in [1.82, 2.24) is 14.9 Å². The fraction of sp³-hybridized carbons (Fsp3) is 0.550.